The normalized spacial score (nSPS) is 12.4. The Morgan fingerprint density at radius 1 is 0.973 bits per heavy atom. The van der Waals surface area contributed by atoms with Crippen molar-refractivity contribution < 1.29 is 9.32 Å². The third-order valence-electron chi connectivity index (χ3n) is 6.19. The lowest BCUT2D eigenvalue weighted by atomic mass is 9.96. The topological polar surface area (TPSA) is 106 Å². The van der Waals surface area contributed by atoms with Crippen LogP contribution >= 0.6 is 0 Å². The van der Waals surface area contributed by atoms with Gasteiger partial charge in [0.25, 0.3) is 0 Å². The van der Waals surface area contributed by atoms with Gasteiger partial charge in [-0.3, -0.25) is 4.79 Å². The van der Waals surface area contributed by atoms with Gasteiger partial charge in [0.1, 0.15) is 12.1 Å². The molecule has 0 spiro atoms. The first-order chi connectivity index (χ1) is 17.5. The Kier molecular flexibility index (Phi) is 7.38. The average Bonchev–Trinajstić information content (AvgIpc) is 3.36. The second kappa shape index (κ2) is 10.5. The molecule has 1 atom stereocenters. The first-order valence-corrected chi connectivity index (χ1v) is 12.5. The highest BCUT2D eigenvalue weighted by molar-refractivity contribution is 5.89. The molecule has 37 heavy (non-hydrogen) atoms. The van der Waals surface area contributed by atoms with Crippen molar-refractivity contribution in [3.63, 3.8) is 0 Å². The highest BCUT2D eigenvalue weighted by Crippen LogP contribution is 2.27. The maximum Gasteiger partial charge on any atom is 0.315 e. The molecule has 8 nitrogen and oxygen atoms in total. The molecule has 2 N–H and O–H groups in total. The third kappa shape index (κ3) is 6.20. The Labute approximate surface area is 218 Å². The Morgan fingerprint density at radius 3 is 2.32 bits per heavy atom. The van der Waals surface area contributed by atoms with Crippen molar-refractivity contribution in [2.24, 2.45) is 0 Å². The highest BCUT2D eigenvalue weighted by atomic mass is 16.5. The van der Waals surface area contributed by atoms with E-state index in [2.05, 4.69) is 74.9 Å². The number of anilines is 2. The lowest BCUT2D eigenvalue weighted by molar-refractivity contribution is 0.0895. The van der Waals surface area contributed by atoms with Crippen molar-refractivity contribution >= 4 is 17.4 Å². The van der Waals surface area contributed by atoms with E-state index in [1.54, 1.807) is 6.33 Å². The van der Waals surface area contributed by atoms with E-state index in [4.69, 9.17) is 4.52 Å². The number of carbonyl (C=O) groups is 1. The fraction of sp³-hybridized carbons (Fsp3) is 0.345. The first kappa shape index (κ1) is 26.0. The molecule has 0 aliphatic heterocycles. The monoisotopic (exact) mass is 498 g/mol. The summed E-state index contributed by atoms with van der Waals surface area (Å²) < 4.78 is 5.17. The minimum Gasteiger partial charge on any atom is -0.341 e. The fourth-order valence-electron chi connectivity index (χ4n) is 3.96. The van der Waals surface area contributed by atoms with Crippen LogP contribution in [0.25, 0.3) is 11.3 Å². The zero-order chi connectivity index (χ0) is 26.7. The first-order valence-electron chi connectivity index (χ1n) is 12.5. The van der Waals surface area contributed by atoms with Crippen molar-refractivity contribution in [2.75, 3.05) is 5.32 Å². The van der Waals surface area contributed by atoms with Gasteiger partial charge in [0, 0.05) is 22.7 Å². The largest absolute Gasteiger partial charge is 0.341 e. The fourth-order valence-corrected chi connectivity index (χ4v) is 3.96. The van der Waals surface area contributed by atoms with E-state index >= 15 is 0 Å². The highest BCUT2D eigenvalue weighted by Gasteiger charge is 2.25. The van der Waals surface area contributed by atoms with Crippen LogP contribution in [0, 0.1) is 6.92 Å². The van der Waals surface area contributed by atoms with Crippen LogP contribution in [0.4, 0.5) is 11.5 Å². The van der Waals surface area contributed by atoms with Gasteiger partial charge in [0.15, 0.2) is 5.82 Å². The standard InChI is InChI=1S/C29H34N6O2/c1-17(2)20-8-11-22(12-9-20)33-25-15-24(30-16-31-25)21-10-13-23(18(3)14-21)19(4)32-26(36)27-34-28(35-37-27)29(5,6)7/h8-17,19H,1-7H3,(H,32,36)(H,30,31,33)/t19-/m1/s1. The molecule has 4 rings (SSSR count). The number of carbonyl (C=O) groups excluding carboxylic acids is 1. The number of hydrogen-bond donors (Lipinski definition) is 2. The summed E-state index contributed by atoms with van der Waals surface area (Å²) in [5, 5.41) is 10.2. The molecule has 0 aliphatic rings. The molecule has 0 saturated heterocycles. The van der Waals surface area contributed by atoms with E-state index in [1.165, 1.54) is 5.56 Å². The molecule has 2 heterocycles. The number of rotatable bonds is 7. The zero-order valence-electron chi connectivity index (χ0n) is 22.5. The van der Waals surface area contributed by atoms with E-state index in [0.29, 0.717) is 11.7 Å². The SMILES string of the molecule is Cc1cc(-c2cc(Nc3ccc(C(C)C)cc3)ncn2)ccc1[C@@H](C)NC(=O)c1nc(C(C)(C)C)no1. The van der Waals surface area contributed by atoms with Crippen LogP contribution in [0.2, 0.25) is 0 Å². The van der Waals surface area contributed by atoms with Crippen LogP contribution in [0.1, 0.15) is 86.7 Å². The number of nitrogens with zero attached hydrogens (tertiary/aromatic N) is 4. The van der Waals surface area contributed by atoms with Gasteiger partial charge in [-0.15, -0.1) is 0 Å². The van der Waals surface area contributed by atoms with E-state index in [-0.39, 0.29) is 17.3 Å². The van der Waals surface area contributed by atoms with Crippen molar-refractivity contribution in [1.82, 2.24) is 25.4 Å². The predicted molar refractivity (Wildman–Crippen MR) is 145 cm³/mol. The Bertz CT molecular complexity index is 1390. The molecule has 192 valence electrons. The Balaban J connectivity index is 1.46. The molecule has 8 heteroatoms. The number of nitrogens with one attached hydrogen (secondary N) is 2. The van der Waals surface area contributed by atoms with Gasteiger partial charge in [0.05, 0.1) is 11.7 Å². The molecular formula is C29H34N6O2. The summed E-state index contributed by atoms with van der Waals surface area (Å²) >= 11 is 0. The number of amides is 1. The van der Waals surface area contributed by atoms with Gasteiger partial charge < -0.3 is 15.2 Å². The maximum atomic E-state index is 12.7. The number of benzene rings is 2. The van der Waals surface area contributed by atoms with Crippen LogP contribution in [0.5, 0.6) is 0 Å². The van der Waals surface area contributed by atoms with Gasteiger partial charge in [-0.2, -0.15) is 4.98 Å². The van der Waals surface area contributed by atoms with E-state index in [1.807, 2.05) is 52.8 Å². The maximum absolute atomic E-state index is 12.7. The molecule has 2 aromatic carbocycles. The molecule has 0 radical (unpaired) electrons. The smallest absolute Gasteiger partial charge is 0.315 e. The molecule has 0 aliphatic carbocycles. The number of hydrogen-bond acceptors (Lipinski definition) is 7. The van der Waals surface area contributed by atoms with Crippen LogP contribution < -0.4 is 10.6 Å². The van der Waals surface area contributed by atoms with Crippen LogP contribution in [0.15, 0.2) is 59.4 Å². The third-order valence-corrected chi connectivity index (χ3v) is 6.19. The van der Waals surface area contributed by atoms with E-state index < -0.39 is 5.91 Å². The molecule has 1 amide bonds. The Morgan fingerprint density at radius 2 is 1.70 bits per heavy atom. The van der Waals surface area contributed by atoms with Gasteiger partial charge in [0.2, 0.25) is 0 Å². The van der Waals surface area contributed by atoms with Crippen LogP contribution in [-0.4, -0.2) is 26.0 Å². The lowest BCUT2D eigenvalue weighted by Crippen LogP contribution is -2.27. The molecule has 0 bridgehead atoms. The van der Waals surface area contributed by atoms with Crippen molar-refractivity contribution in [1.29, 1.82) is 0 Å². The summed E-state index contributed by atoms with van der Waals surface area (Å²) in [6, 6.07) is 16.1. The second-order valence-corrected chi connectivity index (χ2v) is 10.6. The molecule has 4 aromatic rings. The molecule has 0 saturated carbocycles. The molecule has 2 aromatic heterocycles. The molecular weight excluding hydrogens is 464 g/mol. The van der Waals surface area contributed by atoms with Crippen molar-refractivity contribution in [2.45, 2.75) is 65.8 Å². The summed E-state index contributed by atoms with van der Waals surface area (Å²) in [5.41, 5.74) is 5.77. The second-order valence-electron chi connectivity index (χ2n) is 10.6. The predicted octanol–water partition coefficient (Wildman–Crippen LogP) is 6.49. The van der Waals surface area contributed by atoms with Gasteiger partial charge in [-0.25, -0.2) is 9.97 Å². The summed E-state index contributed by atoms with van der Waals surface area (Å²) in [7, 11) is 0. The van der Waals surface area contributed by atoms with Gasteiger partial charge in [-0.05, 0) is 54.7 Å². The van der Waals surface area contributed by atoms with Crippen LogP contribution in [-0.2, 0) is 5.41 Å². The quantitative estimate of drug-likeness (QED) is 0.300. The van der Waals surface area contributed by atoms with E-state index in [9.17, 15) is 4.79 Å². The summed E-state index contributed by atoms with van der Waals surface area (Å²) in [4.78, 5) is 25.8. The number of aryl methyl sites for hydroxylation is 1. The van der Waals surface area contributed by atoms with Crippen LogP contribution in [0.3, 0.4) is 0 Å². The minimum absolute atomic E-state index is 0.0362. The summed E-state index contributed by atoms with van der Waals surface area (Å²) in [6.45, 7) is 14.2. The average molecular weight is 499 g/mol. The summed E-state index contributed by atoms with van der Waals surface area (Å²) in [5.74, 6) is 1.27. The number of aromatic nitrogens is 4. The van der Waals surface area contributed by atoms with Crippen molar-refractivity contribution in [3.8, 4) is 11.3 Å². The molecule has 0 fully saturated rings. The summed E-state index contributed by atoms with van der Waals surface area (Å²) in [6.07, 6.45) is 1.56. The molecule has 0 unspecified atom stereocenters. The van der Waals surface area contributed by atoms with Gasteiger partial charge in [-0.1, -0.05) is 64.0 Å². The van der Waals surface area contributed by atoms with Crippen molar-refractivity contribution in [3.05, 3.63) is 83.3 Å². The Hall–Kier alpha value is -4.07. The zero-order valence-corrected chi connectivity index (χ0v) is 22.5. The minimum atomic E-state index is -0.396. The van der Waals surface area contributed by atoms with Gasteiger partial charge >= 0.3 is 11.8 Å². The lowest BCUT2D eigenvalue weighted by Gasteiger charge is -2.16. The van der Waals surface area contributed by atoms with E-state index in [0.717, 1.165) is 33.9 Å².